The molecule has 4 rings (SSSR count). The lowest BCUT2D eigenvalue weighted by atomic mass is 9.85. The van der Waals surface area contributed by atoms with E-state index >= 15 is 0 Å². The van der Waals surface area contributed by atoms with Crippen LogP contribution in [0.25, 0.3) is 0 Å². The summed E-state index contributed by atoms with van der Waals surface area (Å²) < 4.78 is 38.8. The van der Waals surface area contributed by atoms with Gasteiger partial charge >= 0.3 is 6.18 Å². The van der Waals surface area contributed by atoms with E-state index in [1.54, 1.807) is 0 Å². The Labute approximate surface area is 183 Å². The van der Waals surface area contributed by atoms with Crippen molar-refractivity contribution in [2.24, 2.45) is 5.92 Å². The Morgan fingerprint density at radius 3 is 2.52 bits per heavy atom. The van der Waals surface area contributed by atoms with Crippen LogP contribution >= 0.6 is 11.6 Å². The second kappa shape index (κ2) is 8.54. The summed E-state index contributed by atoms with van der Waals surface area (Å²) in [6.45, 7) is 0.649. The zero-order valence-corrected chi connectivity index (χ0v) is 17.5. The van der Waals surface area contributed by atoms with Gasteiger partial charge in [-0.05, 0) is 61.4 Å². The predicted molar refractivity (Wildman–Crippen MR) is 112 cm³/mol. The van der Waals surface area contributed by atoms with Crippen LogP contribution in [0.1, 0.15) is 47.2 Å². The zero-order chi connectivity index (χ0) is 22.2. The smallest absolute Gasteiger partial charge is 0.349 e. The molecule has 1 fully saturated rings. The molecule has 1 heterocycles. The first-order chi connectivity index (χ1) is 14.7. The van der Waals surface area contributed by atoms with E-state index < -0.39 is 17.6 Å². The van der Waals surface area contributed by atoms with Gasteiger partial charge in [-0.1, -0.05) is 29.8 Å². The summed E-state index contributed by atoms with van der Waals surface area (Å²) in [4.78, 5) is 26.8. The van der Waals surface area contributed by atoms with Gasteiger partial charge in [0.25, 0.3) is 5.91 Å². The number of nitrogens with zero attached hydrogens (tertiary/aromatic N) is 1. The summed E-state index contributed by atoms with van der Waals surface area (Å²) >= 11 is 5.97. The lowest BCUT2D eigenvalue weighted by Gasteiger charge is -2.32. The predicted octanol–water partition coefficient (Wildman–Crippen LogP) is 5.24. The molecule has 0 aromatic heterocycles. The van der Waals surface area contributed by atoms with Crippen molar-refractivity contribution < 1.29 is 22.8 Å². The highest BCUT2D eigenvalue weighted by Crippen LogP contribution is 2.34. The summed E-state index contributed by atoms with van der Waals surface area (Å²) in [7, 11) is 0. The monoisotopic (exact) mass is 450 g/mol. The number of para-hydroxylation sites is 1. The molecule has 1 aliphatic heterocycles. The molecule has 0 atom stereocenters. The maximum atomic E-state index is 12.9. The van der Waals surface area contributed by atoms with Crippen LogP contribution in [0, 0.1) is 5.92 Å². The Balaban J connectivity index is 1.34. The van der Waals surface area contributed by atoms with Gasteiger partial charge in [0.15, 0.2) is 0 Å². The standard InChI is InChI=1S/C23H22ClF3N2O2/c24-19-10-7-16(23(25,26)27)12-18(19)22(31)28-17-8-5-14(6-9-17)13-29-20-4-2-1-3-15(20)11-21(29)30/h1-4,7,10,12,14,17H,5-6,8-9,11,13H2,(H,28,31). The fraction of sp³-hybridized carbons (Fsp3) is 0.391. The second-order valence-electron chi connectivity index (χ2n) is 8.19. The number of benzene rings is 2. The van der Waals surface area contributed by atoms with Crippen LogP contribution in [0.4, 0.5) is 18.9 Å². The van der Waals surface area contributed by atoms with Crippen LogP contribution in [0.2, 0.25) is 5.02 Å². The molecule has 2 aromatic carbocycles. The average Bonchev–Trinajstić information content (AvgIpc) is 3.04. The quantitative estimate of drug-likeness (QED) is 0.692. The van der Waals surface area contributed by atoms with Crippen molar-refractivity contribution in [3.8, 4) is 0 Å². The maximum absolute atomic E-state index is 12.9. The third kappa shape index (κ3) is 4.71. The number of hydrogen-bond acceptors (Lipinski definition) is 2. The summed E-state index contributed by atoms with van der Waals surface area (Å²) in [5.41, 5.74) is 0.952. The molecule has 2 aromatic rings. The van der Waals surface area contributed by atoms with Crippen LogP contribution in [-0.4, -0.2) is 24.4 Å². The highest BCUT2D eigenvalue weighted by molar-refractivity contribution is 6.33. The van der Waals surface area contributed by atoms with E-state index in [1.165, 1.54) is 0 Å². The number of amides is 2. The third-order valence-corrected chi connectivity index (χ3v) is 6.42. The average molecular weight is 451 g/mol. The molecule has 164 valence electrons. The first kappa shape index (κ1) is 21.7. The van der Waals surface area contributed by atoms with E-state index in [-0.39, 0.29) is 22.5 Å². The maximum Gasteiger partial charge on any atom is 0.416 e. The number of carbonyl (C=O) groups excluding carboxylic acids is 2. The molecule has 0 unspecified atom stereocenters. The van der Waals surface area contributed by atoms with Gasteiger partial charge in [-0.15, -0.1) is 0 Å². The van der Waals surface area contributed by atoms with Crippen LogP contribution in [0.5, 0.6) is 0 Å². The Hall–Kier alpha value is -2.54. The number of nitrogens with one attached hydrogen (secondary N) is 1. The van der Waals surface area contributed by atoms with Crippen molar-refractivity contribution in [1.29, 1.82) is 0 Å². The van der Waals surface area contributed by atoms with E-state index in [1.807, 2.05) is 29.2 Å². The highest BCUT2D eigenvalue weighted by atomic mass is 35.5. The number of anilines is 1. The van der Waals surface area contributed by atoms with Gasteiger partial charge < -0.3 is 10.2 Å². The molecule has 0 bridgehead atoms. The molecule has 0 spiro atoms. The molecule has 2 aliphatic rings. The van der Waals surface area contributed by atoms with Gasteiger partial charge in [0.2, 0.25) is 5.91 Å². The minimum Gasteiger partial charge on any atom is -0.349 e. The van der Waals surface area contributed by atoms with E-state index in [9.17, 15) is 22.8 Å². The molecule has 2 amide bonds. The number of fused-ring (bicyclic) bond motifs is 1. The number of carbonyl (C=O) groups is 2. The minimum atomic E-state index is -4.54. The Morgan fingerprint density at radius 1 is 1.10 bits per heavy atom. The van der Waals surface area contributed by atoms with Gasteiger partial charge in [0.1, 0.15) is 0 Å². The van der Waals surface area contributed by atoms with Gasteiger partial charge in [-0.25, -0.2) is 0 Å². The topological polar surface area (TPSA) is 49.4 Å². The van der Waals surface area contributed by atoms with Crippen molar-refractivity contribution in [2.75, 3.05) is 11.4 Å². The minimum absolute atomic E-state index is 0.00889. The molecule has 31 heavy (non-hydrogen) atoms. The Bertz CT molecular complexity index is 1000. The number of hydrogen-bond donors (Lipinski definition) is 1. The number of rotatable bonds is 4. The lowest BCUT2D eigenvalue weighted by Crippen LogP contribution is -2.40. The van der Waals surface area contributed by atoms with E-state index in [0.717, 1.165) is 42.3 Å². The molecule has 4 nitrogen and oxygen atoms in total. The van der Waals surface area contributed by atoms with Crippen LogP contribution in [-0.2, 0) is 17.4 Å². The van der Waals surface area contributed by atoms with Crippen LogP contribution in [0.3, 0.4) is 0 Å². The van der Waals surface area contributed by atoms with E-state index in [4.69, 9.17) is 11.6 Å². The van der Waals surface area contributed by atoms with Crippen LogP contribution in [0.15, 0.2) is 42.5 Å². The summed E-state index contributed by atoms with van der Waals surface area (Å²) in [5, 5.41) is 2.81. The van der Waals surface area contributed by atoms with Crippen LogP contribution < -0.4 is 10.2 Å². The van der Waals surface area contributed by atoms with Crippen molar-refractivity contribution in [3.63, 3.8) is 0 Å². The van der Waals surface area contributed by atoms with Crippen molar-refractivity contribution >= 4 is 29.1 Å². The zero-order valence-electron chi connectivity index (χ0n) is 16.7. The third-order valence-electron chi connectivity index (χ3n) is 6.09. The Morgan fingerprint density at radius 2 is 1.81 bits per heavy atom. The molecule has 1 saturated carbocycles. The molecular formula is C23H22ClF3N2O2. The van der Waals surface area contributed by atoms with E-state index in [0.29, 0.717) is 31.7 Å². The highest BCUT2D eigenvalue weighted by Gasteiger charge is 2.33. The number of halogens is 4. The summed E-state index contributed by atoms with van der Waals surface area (Å²) in [6.07, 6.45) is -1.05. The van der Waals surface area contributed by atoms with Gasteiger partial charge in [-0.2, -0.15) is 13.2 Å². The Kier molecular flexibility index (Phi) is 5.97. The van der Waals surface area contributed by atoms with Crippen molar-refractivity contribution in [3.05, 3.63) is 64.2 Å². The van der Waals surface area contributed by atoms with Gasteiger partial charge in [-0.3, -0.25) is 9.59 Å². The molecule has 1 aliphatic carbocycles. The fourth-order valence-electron chi connectivity index (χ4n) is 4.40. The first-order valence-corrected chi connectivity index (χ1v) is 10.7. The molecule has 0 saturated heterocycles. The van der Waals surface area contributed by atoms with Gasteiger partial charge in [0.05, 0.1) is 22.6 Å². The fourth-order valence-corrected chi connectivity index (χ4v) is 4.61. The molecular weight excluding hydrogens is 429 g/mol. The first-order valence-electron chi connectivity index (χ1n) is 10.3. The largest absolute Gasteiger partial charge is 0.416 e. The summed E-state index contributed by atoms with van der Waals surface area (Å²) in [5.74, 6) is -0.167. The number of alkyl halides is 3. The lowest BCUT2D eigenvalue weighted by molar-refractivity contribution is -0.137. The second-order valence-corrected chi connectivity index (χ2v) is 8.60. The van der Waals surface area contributed by atoms with Crippen molar-refractivity contribution in [1.82, 2.24) is 5.32 Å². The summed E-state index contributed by atoms with van der Waals surface area (Å²) in [6, 6.07) is 10.4. The SMILES string of the molecule is O=C(NC1CCC(CN2C(=O)Cc3ccccc32)CC1)c1cc(C(F)(F)F)ccc1Cl. The van der Waals surface area contributed by atoms with E-state index in [2.05, 4.69) is 5.32 Å². The molecule has 0 radical (unpaired) electrons. The van der Waals surface area contributed by atoms with Gasteiger partial charge in [0, 0.05) is 18.3 Å². The molecule has 8 heteroatoms. The molecule has 1 N–H and O–H groups in total. The normalized spacial score (nSPS) is 21.2. The van der Waals surface area contributed by atoms with Crippen molar-refractivity contribution in [2.45, 2.75) is 44.3 Å².